The van der Waals surface area contributed by atoms with Crippen molar-refractivity contribution in [3.8, 4) is 5.75 Å². The van der Waals surface area contributed by atoms with Gasteiger partial charge in [0.25, 0.3) is 5.91 Å². The topological polar surface area (TPSA) is 80.5 Å². The van der Waals surface area contributed by atoms with E-state index >= 15 is 0 Å². The van der Waals surface area contributed by atoms with Gasteiger partial charge < -0.3 is 20.7 Å². The van der Waals surface area contributed by atoms with Crippen LogP contribution >= 0.6 is 11.3 Å². The van der Waals surface area contributed by atoms with Gasteiger partial charge in [0.1, 0.15) is 11.4 Å². The van der Waals surface area contributed by atoms with E-state index in [2.05, 4.69) is 15.2 Å². The summed E-state index contributed by atoms with van der Waals surface area (Å²) in [4.78, 5) is 18.5. The number of nitrogens with two attached hydrogens (primary N) is 1. The molecule has 0 aliphatic heterocycles. The number of nitrogens with one attached hydrogen (secondary N) is 1. The van der Waals surface area contributed by atoms with E-state index in [4.69, 9.17) is 10.5 Å². The summed E-state index contributed by atoms with van der Waals surface area (Å²) in [5.74, 6) is 0.684. The fourth-order valence-electron chi connectivity index (χ4n) is 2.20. The lowest BCUT2D eigenvalue weighted by Gasteiger charge is -2.10. The normalized spacial score (nSPS) is 10.9. The van der Waals surface area contributed by atoms with Crippen molar-refractivity contribution in [3.05, 3.63) is 45.9 Å². The first-order valence-corrected chi connectivity index (χ1v) is 9.25. The molecule has 0 spiro atoms. The van der Waals surface area contributed by atoms with Gasteiger partial charge in [-0.1, -0.05) is 12.1 Å². The average molecular weight is 362 g/mol. The number of ether oxygens (including phenoxy) is 1. The molecule has 0 fully saturated rings. The van der Waals surface area contributed by atoms with Crippen LogP contribution in [0.1, 0.15) is 27.5 Å². The second-order valence-corrected chi connectivity index (χ2v) is 6.94. The summed E-state index contributed by atoms with van der Waals surface area (Å²) in [6.07, 6.45) is 1.69. The van der Waals surface area contributed by atoms with Crippen LogP contribution in [0.2, 0.25) is 0 Å². The summed E-state index contributed by atoms with van der Waals surface area (Å²) in [6, 6.07) is 7.78. The molecule has 0 saturated heterocycles. The molecular formula is C18H26N4O2S. The smallest absolute Gasteiger partial charge is 0.271 e. The molecule has 2 rings (SSSR count). The van der Waals surface area contributed by atoms with E-state index in [1.165, 1.54) is 11.3 Å². The lowest BCUT2D eigenvalue weighted by Crippen LogP contribution is -2.23. The molecule has 6 nitrogen and oxygen atoms in total. The maximum absolute atomic E-state index is 12.1. The first kappa shape index (κ1) is 19.4. The van der Waals surface area contributed by atoms with E-state index < -0.39 is 0 Å². The first-order chi connectivity index (χ1) is 12.1. The summed E-state index contributed by atoms with van der Waals surface area (Å²) >= 11 is 1.47. The summed E-state index contributed by atoms with van der Waals surface area (Å²) in [5.41, 5.74) is 6.97. The molecule has 25 heavy (non-hydrogen) atoms. The maximum Gasteiger partial charge on any atom is 0.271 e. The molecule has 3 N–H and O–H groups in total. The highest BCUT2D eigenvalue weighted by atomic mass is 32.1. The first-order valence-electron chi connectivity index (χ1n) is 8.37. The number of amides is 1. The van der Waals surface area contributed by atoms with Gasteiger partial charge in [0, 0.05) is 24.9 Å². The fourth-order valence-corrected chi connectivity index (χ4v) is 2.99. The Morgan fingerprint density at radius 1 is 1.32 bits per heavy atom. The summed E-state index contributed by atoms with van der Waals surface area (Å²) in [5, 5.41) is 5.54. The number of carbonyl (C=O) groups excluding carboxylic acids is 1. The van der Waals surface area contributed by atoms with Crippen molar-refractivity contribution in [3.63, 3.8) is 0 Å². The van der Waals surface area contributed by atoms with Crippen LogP contribution in [0.25, 0.3) is 0 Å². The Kier molecular flexibility index (Phi) is 7.84. The monoisotopic (exact) mass is 362 g/mol. The van der Waals surface area contributed by atoms with Crippen LogP contribution in [0.4, 0.5) is 0 Å². The van der Waals surface area contributed by atoms with Gasteiger partial charge in [0.2, 0.25) is 0 Å². The number of rotatable bonds is 10. The summed E-state index contributed by atoms with van der Waals surface area (Å²) in [7, 11) is 4.10. The Labute approximate surface area is 153 Å². The predicted molar refractivity (Wildman–Crippen MR) is 101 cm³/mol. The largest absolute Gasteiger partial charge is 0.494 e. The predicted octanol–water partition coefficient (Wildman–Crippen LogP) is 1.90. The number of thiazole rings is 1. The fraction of sp³-hybridized carbons (Fsp3) is 0.444. The Bertz CT molecular complexity index is 655. The van der Waals surface area contributed by atoms with E-state index in [-0.39, 0.29) is 5.91 Å². The average Bonchev–Trinajstić information content (AvgIpc) is 3.06. The van der Waals surface area contributed by atoms with Crippen molar-refractivity contribution in [1.82, 2.24) is 15.2 Å². The van der Waals surface area contributed by atoms with Crippen LogP contribution in [0.3, 0.4) is 0 Å². The lowest BCUT2D eigenvalue weighted by atomic mass is 10.2. The number of benzene rings is 1. The molecule has 1 aromatic heterocycles. The molecular weight excluding hydrogens is 336 g/mol. The highest BCUT2D eigenvalue weighted by Crippen LogP contribution is 2.13. The van der Waals surface area contributed by atoms with Crippen molar-refractivity contribution in [2.75, 3.05) is 33.8 Å². The van der Waals surface area contributed by atoms with Crippen molar-refractivity contribution in [2.24, 2.45) is 5.73 Å². The Balaban J connectivity index is 1.75. The van der Waals surface area contributed by atoms with Crippen molar-refractivity contribution < 1.29 is 9.53 Å². The highest BCUT2D eigenvalue weighted by Gasteiger charge is 2.10. The minimum absolute atomic E-state index is 0.163. The van der Waals surface area contributed by atoms with Gasteiger partial charge in [-0.3, -0.25) is 4.79 Å². The van der Waals surface area contributed by atoms with Crippen LogP contribution in [0, 0.1) is 0 Å². The quantitative estimate of drug-likeness (QED) is 0.631. The zero-order valence-electron chi connectivity index (χ0n) is 14.8. The van der Waals surface area contributed by atoms with Crippen molar-refractivity contribution in [1.29, 1.82) is 0 Å². The second kappa shape index (κ2) is 10.1. The van der Waals surface area contributed by atoms with Crippen LogP contribution in [0.5, 0.6) is 5.75 Å². The molecule has 0 atom stereocenters. The van der Waals surface area contributed by atoms with E-state index in [0.717, 1.165) is 29.3 Å². The molecule has 136 valence electrons. The number of aromatic nitrogens is 1. The highest BCUT2D eigenvalue weighted by molar-refractivity contribution is 7.09. The minimum atomic E-state index is -0.163. The van der Waals surface area contributed by atoms with E-state index in [1.807, 2.05) is 38.4 Å². The van der Waals surface area contributed by atoms with Gasteiger partial charge in [-0.25, -0.2) is 4.98 Å². The van der Waals surface area contributed by atoms with Crippen molar-refractivity contribution in [2.45, 2.75) is 19.4 Å². The van der Waals surface area contributed by atoms with E-state index in [9.17, 15) is 4.79 Å². The summed E-state index contributed by atoms with van der Waals surface area (Å²) in [6.45, 7) is 2.71. The Morgan fingerprint density at radius 2 is 2.08 bits per heavy atom. The zero-order chi connectivity index (χ0) is 18.1. The van der Waals surface area contributed by atoms with Gasteiger partial charge >= 0.3 is 0 Å². The number of hydrogen-bond donors (Lipinski definition) is 2. The molecule has 7 heteroatoms. The Hall–Kier alpha value is -1.96. The molecule has 0 aliphatic rings. The molecule has 1 heterocycles. The van der Waals surface area contributed by atoms with Gasteiger partial charge in [-0.2, -0.15) is 0 Å². The lowest BCUT2D eigenvalue weighted by molar-refractivity contribution is 0.0946. The molecule has 0 unspecified atom stereocenters. The van der Waals surface area contributed by atoms with Crippen LogP contribution < -0.4 is 15.8 Å². The number of carbonyl (C=O) groups is 1. The maximum atomic E-state index is 12.1. The van der Waals surface area contributed by atoms with Gasteiger partial charge in [0.15, 0.2) is 0 Å². The van der Waals surface area contributed by atoms with E-state index in [0.29, 0.717) is 31.8 Å². The van der Waals surface area contributed by atoms with Gasteiger partial charge in [-0.15, -0.1) is 11.3 Å². The molecule has 0 radical (unpaired) electrons. The van der Waals surface area contributed by atoms with Crippen molar-refractivity contribution >= 4 is 17.2 Å². The van der Waals surface area contributed by atoms with Gasteiger partial charge in [-0.05, 0) is 44.8 Å². The second-order valence-electron chi connectivity index (χ2n) is 6.00. The molecule has 1 amide bonds. The molecule has 2 aromatic rings. The van der Waals surface area contributed by atoms with Crippen LogP contribution in [-0.2, 0) is 13.0 Å². The summed E-state index contributed by atoms with van der Waals surface area (Å²) < 4.78 is 5.70. The van der Waals surface area contributed by atoms with Gasteiger partial charge in [0.05, 0.1) is 11.6 Å². The van der Waals surface area contributed by atoms with Crippen LogP contribution in [0.15, 0.2) is 29.6 Å². The molecule has 1 aromatic carbocycles. The SMILES string of the molecule is CN(C)CCCOc1ccc(CNC(=O)c2csc(CCN)n2)cc1. The zero-order valence-corrected chi connectivity index (χ0v) is 15.6. The molecule has 0 aliphatic carbocycles. The third kappa shape index (κ3) is 6.81. The molecule has 0 bridgehead atoms. The third-order valence-electron chi connectivity index (χ3n) is 3.54. The Morgan fingerprint density at radius 3 is 2.76 bits per heavy atom. The number of hydrogen-bond acceptors (Lipinski definition) is 6. The number of nitrogens with zero attached hydrogens (tertiary/aromatic N) is 2. The van der Waals surface area contributed by atoms with Crippen LogP contribution in [-0.4, -0.2) is 49.6 Å². The minimum Gasteiger partial charge on any atom is -0.494 e. The third-order valence-corrected chi connectivity index (χ3v) is 4.45. The molecule has 0 saturated carbocycles. The van der Waals surface area contributed by atoms with E-state index in [1.54, 1.807) is 5.38 Å². The standard InChI is InChI=1S/C18H26N4O2S/c1-22(2)10-3-11-24-15-6-4-14(5-7-15)12-20-18(23)16-13-25-17(21-16)8-9-19/h4-7,13H,3,8-12,19H2,1-2H3,(H,20,23).